The molecule has 9 nitrogen and oxygen atoms in total. The summed E-state index contributed by atoms with van der Waals surface area (Å²) in [6.45, 7) is 2.19. The highest BCUT2D eigenvalue weighted by Gasteiger charge is 2.26. The first-order valence-corrected chi connectivity index (χ1v) is 12.1. The van der Waals surface area contributed by atoms with Crippen LogP contribution < -0.4 is 5.32 Å². The molecule has 1 N–H and O–H groups in total. The number of hydroxylamine groups is 2. The Hall–Kier alpha value is -3.98. The second-order valence-corrected chi connectivity index (χ2v) is 8.83. The van der Waals surface area contributed by atoms with Crippen LogP contribution in [0.2, 0.25) is 0 Å². The van der Waals surface area contributed by atoms with Crippen LogP contribution in [0.15, 0.2) is 60.8 Å². The highest BCUT2D eigenvalue weighted by Crippen LogP contribution is 2.15. The minimum Gasteiger partial charge on any atom is -0.463 e. The van der Waals surface area contributed by atoms with E-state index in [1.54, 1.807) is 13.2 Å². The smallest absolute Gasteiger partial charge is 0.317 e. The molecule has 0 radical (unpaired) electrons. The Morgan fingerprint density at radius 3 is 2.46 bits per heavy atom. The fraction of sp³-hybridized carbons (Fsp3) is 0.357. The van der Waals surface area contributed by atoms with Gasteiger partial charge in [-0.3, -0.25) is 19.4 Å². The van der Waals surface area contributed by atoms with Gasteiger partial charge in [-0.15, -0.1) is 0 Å². The molecular weight excluding hydrogens is 472 g/mol. The number of amides is 3. The number of aryl methyl sites for hydroxylation is 2. The molecule has 3 rings (SSSR count). The molecule has 0 saturated heterocycles. The van der Waals surface area contributed by atoms with E-state index in [4.69, 9.17) is 9.57 Å². The van der Waals surface area contributed by atoms with Crippen molar-refractivity contribution in [2.24, 2.45) is 0 Å². The van der Waals surface area contributed by atoms with Gasteiger partial charge in [0, 0.05) is 44.3 Å². The molecule has 0 spiro atoms. The van der Waals surface area contributed by atoms with Crippen LogP contribution in [0.4, 0.5) is 4.79 Å². The average Bonchev–Trinajstić information content (AvgIpc) is 2.92. The lowest BCUT2D eigenvalue weighted by molar-refractivity contribution is -0.170. The number of urea groups is 1. The van der Waals surface area contributed by atoms with Crippen molar-refractivity contribution in [3.05, 3.63) is 77.6 Å². The minimum atomic E-state index is -0.676. The second-order valence-electron chi connectivity index (χ2n) is 8.83. The van der Waals surface area contributed by atoms with Gasteiger partial charge in [0.2, 0.25) is 5.91 Å². The first-order chi connectivity index (χ1) is 17.8. The molecule has 3 amide bonds. The molecule has 0 unspecified atom stereocenters. The van der Waals surface area contributed by atoms with Gasteiger partial charge in [-0.2, -0.15) is 0 Å². The standard InChI is InChI=1S/C28H34N4O5/c1-20-9-5-6-11-22(20)17-30-28(35)31(2)25(16-26(33)32(3)36-4)19-37-27(34)14-13-24-15-21-10-7-8-12-23(21)18-29-24/h5-12,15,18,25H,13-14,16-17,19H2,1-4H3,(H,30,35)/t25-/m0/s1. The van der Waals surface area contributed by atoms with Gasteiger partial charge < -0.3 is 15.0 Å². The molecule has 196 valence electrons. The lowest BCUT2D eigenvalue weighted by Gasteiger charge is -2.29. The Labute approximate surface area is 217 Å². The molecule has 1 heterocycles. The van der Waals surface area contributed by atoms with Crippen molar-refractivity contribution in [2.75, 3.05) is 27.8 Å². The van der Waals surface area contributed by atoms with Crippen LogP contribution >= 0.6 is 0 Å². The molecule has 37 heavy (non-hydrogen) atoms. The van der Waals surface area contributed by atoms with Crippen molar-refractivity contribution in [1.82, 2.24) is 20.3 Å². The topological polar surface area (TPSA) is 101 Å². The Bertz CT molecular complexity index is 1230. The number of pyridine rings is 1. The van der Waals surface area contributed by atoms with Crippen molar-refractivity contribution in [2.45, 2.75) is 38.8 Å². The number of nitrogens with zero attached hydrogens (tertiary/aromatic N) is 3. The molecule has 3 aromatic rings. The number of fused-ring (bicyclic) bond motifs is 1. The van der Waals surface area contributed by atoms with Crippen molar-refractivity contribution in [1.29, 1.82) is 0 Å². The van der Waals surface area contributed by atoms with Gasteiger partial charge in [0.05, 0.1) is 26.0 Å². The van der Waals surface area contributed by atoms with Crippen LogP contribution in [0.3, 0.4) is 0 Å². The molecule has 0 fully saturated rings. The lowest BCUT2D eigenvalue weighted by Crippen LogP contribution is -2.47. The zero-order valence-corrected chi connectivity index (χ0v) is 21.8. The highest BCUT2D eigenvalue weighted by molar-refractivity contribution is 5.82. The molecule has 0 bridgehead atoms. The highest BCUT2D eigenvalue weighted by atomic mass is 16.7. The van der Waals surface area contributed by atoms with E-state index in [1.165, 1.54) is 19.1 Å². The third-order valence-corrected chi connectivity index (χ3v) is 6.30. The van der Waals surface area contributed by atoms with E-state index >= 15 is 0 Å². The van der Waals surface area contributed by atoms with Gasteiger partial charge in [-0.25, -0.2) is 9.86 Å². The summed E-state index contributed by atoms with van der Waals surface area (Å²) in [5, 5.41) is 6.04. The number of esters is 1. The molecule has 0 aliphatic carbocycles. The molecule has 0 aliphatic rings. The number of ether oxygens (including phenoxy) is 1. The maximum absolute atomic E-state index is 12.9. The number of hydrogen-bond acceptors (Lipinski definition) is 6. The number of hydrogen-bond donors (Lipinski definition) is 1. The van der Waals surface area contributed by atoms with E-state index in [0.717, 1.165) is 32.7 Å². The van der Waals surface area contributed by atoms with Crippen LogP contribution in [-0.4, -0.2) is 66.7 Å². The van der Waals surface area contributed by atoms with E-state index in [1.807, 2.05) is 61.5 Å². The Balaban J connectivity index is 1.58. The van der Waals surface area contributed by atoms with Gasteiger partial charge in [0.25, 0.3) is 0 Å². The largest absolute Gasteiger partial charge is 0.463 e. The van der Waals surface area contributed by atoms with E-state index in [0.29, 0.717) is 13.0 Å². The van der Waals surface area contributed by atoms with Crippen LogP contribution in [0.25, 0.3) is 10.8 Å². The summed E-state index contributed by atoms with van der Waals surface area (Å²) in [4.78, 5) is 48.6. The van der Waals surface area contributed by atoms with Crippen LogP contribution in [0.1, 0.15) is 29.7 Å². The predicted molar refractivity (Wildman–Crippen MR) is 140 cm³/mol. The molecular formula is C28H34N4O5. The first-order valence-electron chi connectivity index (χ1n) is 12.1. The first kappa shape index (κ1) is 27.6. The van der Waals surface area contributed by atoms with Crippen LogP contribution in [-0.2, 0) is 32.1 Å². The molecule has 9 heteroatoms. The molecule has 1 atom stereocenters. The lowest BCUT2D eigenvalue weighted by atomic mass is 10.1. The molecule has 1 aromatic heterocycles. The third kappa shape index (κ3) is 8.01. The number of carbonyl (C=O) groups excluding carboxylic acids is 3. The summed E-state index contributed by atoms with van der Waals surface area (Å²) in [7, 11) is 4.44. The Morgan fingerprint density at radius 1 is 1.03 bits per heavy atom. The van der Waals surface area contributed by atoms with Crippen LogP contribution in [0, 0.1) is 6.92 Å². The van der Waals surface area contributed by atoms with Crippen LogP contribution in [0.5, 0.6) is 0 Å². The van der Waals surface area contributed by atoms with Crippen molar-refractivity contribution >= 4 is 28.7 Å². The van der Waals surface area contributed by atoms with Crippen molar-refractivity contribution < 1.29 is 24.0 Å². The summed E-state index contributed by atoms with van der Waals surface area (Å²) in [6, 6.07) is 16.5. The summed E-state index contributed by atoms with van der Waals surface area (Å²) in [5.41, 5.74) is 2.84. The predicted octanol–water partition coefficient (Wildman–Crippen LogP) is 3.64. The maximum atomic E-state index is 12.9. The molecule has 0 saturated carbocycles. The summed E-state index contributed by atoms with van der Waals surface area (Å²) in [5.74, 6) is -0.774. The Morgan fingerprint density at radius 2 is 1.73 bits per heavy atom. The van der Waals surface area contributed by atoms with Gasteiger partial charge >= 0.3 is 12.0 Å². The normalized spacial score (nSPS) is 11.6. The fourth-order valence-corrected chi connectivity index (χ4v) is 3.77. The quantitative estimate of drug-likeness (QED) is 0.315. The van der Waals surface area contributed by atoms with E-state index < -0.39 is 12.0 Å². The second kappa shape index (κ2) is 13.4. The number of benzene rings is 2. The summed E-state index contributed by atoms with van der Waals surface area (Å²) < 4.78 is 5.48. The average molecular weight is 507 g/mol. The van der Waals surface area contributed by atoms with E-state index in [9.17, 15) is 14.4 Å². The Kier molecular flexibility index (Phi) is 9.97. The zero-order valence-electron chi connectivity index (χ0n) is 21.8. The summed E-state index contributed by atoms with van der Waals surface area (Å²) >= 11 is 0. The van der Waals surface area contributed by atoms with Gasteiger partial charge in [0.15, 0.2) is 0 Å². The summed E-state index contributed by atoms with van der Waals surface area (Å²) in [6.07, 6.45) is 2.27. The number of nitrogens with one attached hydrogen (secondary N) is 1. The van der Waals surface area contributed by atoms with E-state index in [-0.39, 0.29) is 31.4 Å². The van der Waals surface area contributed by atoms with Gasteiger partial charge in [-0.1, -0.05) is 48.5 Å². The SMILES string of the molecule is CON(C)C(=O)C[C@@H](COC(=O)CCc1cc2ccccc2cn1)N(C)C(=O)NCc1ccccc1C. The zero-order chi connectivity index (χ0) is 26.8. The van der Waals surface area contributed by atoms with Crippen molar-refractivity contribution in [3.8, 4) is 0 Å². The number of likely N-dealkylation sites (N-methyl/N-ethyl adjacent to an activating group) is 1. The van der Waals surface area contributed by atoms with Gasteiger partial charge in [-0.05, 0) is 29.5 Å². The minimum absolute atomic E-state index is 0.0713. The number of carbonyl (C=O) groups is 3. The molecule has 2 aromatic carbocycles. The van der Waals surface area contributed by atoms with Gasteiger partial charge in [0.1, 0.15) is 6.61 Å². The third-order valence-electron chi connectivity index (χ3n) is 6.30. The number of aromatic nitrogens is 1. The van der Waals surface area contributed by atoms with E-state index in [2.05, 4.69) is 10.3 Å². The fourth-order valence-electron chi connectivity index (χ4n) is 3.77. The number of rotatable bonds is 11. The molecule has 0 aliphatic heterocycles. The monoisotopic (exact) mass is 506 g/mol. The maximum Gasteiger partial charge on any atom is 0.317 e. The van der Waals surface area contributed by atoms with Crippen molar-refractivity contribution in [3.63, 3.8) is 0 Å².